The molecule has 8 heterocycles. The van der Waals surface area contributed by atoms with E-state index >= 15 is 0 Å². The zero-order valence-corrected chi connectivity index (χ0v) is 36.7. The van der Waals surface area contributed by atoms with E-state index in [0.717, 1.165) is 31.9 Å². The van der Waals surface area contributed by atoms with E-state index in [-0.39, 0.29) is 36.3 Å². The van der Waals surface area contributed by atoms with Gasteiger partial charge < -0.3 is 39.4 Å². The van der Waals surface area contributed by atoms with Crippen molar-refractivity contribution in [2.24, 2.45) is 0 Å². The number of hydrogen-bond donors (Lipinski definition) is 2. The Morgan fingerprint density at radius 1 is 0.627 bits per heavy atom. The number of nitrogens with zero attached hydrogens (tertiary/aromatic N) is 11. The Kier molecular flexibility index (Phi) is 14.9. The quantitative estimate of drug-likeness (QED) is 0.132. The Hall–Kier alpha value is -6.30. The van der Waals surface area contributed by atoms with Gasteiger partial charge in [-0.05, 0) is 37.6 Å². The lowest BCUT2D eigenvalue weighted by Crippen LogP contribution is -2.44. The molecule has 3 saturated heterocycles. The van der Waals surface area contributed by atoms with E-state index < -0.39 is 23.6 Å². The zero-order chi connectivity index (χ0) is 47.0. The molecule has 67 heavy (non-hydrogen) atoms. The molecule has 6 aromatic rings. The van der Waals surface area contributed by atoms with Gasteiger partial charge in [-0.2, -0.15) is 51.3 Å². The largest absolute Gasteiger partial charge is 0.476 e. The van der Waals surface area contributed by atoms with Crippen molar-refractivity contribution in [2.75, 3.05) is 99.4 Å². The normalized spacial score (nSPS) is 18.4. The molecular formula is C44H49F6N13O4. The first kappa shape index (κ1) is 47.2. The minimum absolute atomic E-state index is 0.0177. The molecule has 0 spiro atoms. The maximum absolute atomic E-state index is 13.5. The van der Waals surface area contributed by atoms with E-state index in [9.17, 15) is 26.3 Å². The van der Waals surface area contributed by atoms with Crippen LogP contribution in [0.2, 0.25) is 0 Å². The van der Waals surface area contributed by atoms with Crippen molar-refractivity contribution < 1.29 is 45.3 Å². The molecule has 5 aromatic heterocycles. The van der Waals surface area contributed by atoms with Gasteiger partial charge in [0.1, 0.15) is 18.1 Å². The number of ether oxygens (including phenoxy) is 4. The topological polar surface area (TPSA) is 174 Å². The standard InChI is InChI=1S/C25H30F3N7O3.C19H19F3N6O/c1-17-16-37-13-10-35(17)24-32-22(30-15-18-3-2-6-29-21(18)25(26,27)28)19-4-5-20(31-23(19)33-24)38-14-9-34-7-11-36-12-8-34;1-12-11-29-9-8-28(12)18-26-16-15(23-6-7-24-16)17(27-18)25-10-13-4-2-3-5-14(13)19(20,21)22/h2-6,17H,7-16H2,1H3,(H,30,31,32,33);2-7,12H,8-11H2,1H3,(H,24,25,26,27). The van der Waals surface area contributed by atoms with Crippen LogP contribution in [-0.4, -0.2) is 136 Å². The molecule has 2 N–H and O–H groups in total. The number of halogens is 6. The van der Waals surface area contributed by atoms with Crippen molar-refractivity contribution in [3.63, 3.8) is 0 Å². The summed E-state index contributed by atoms with van der Waals surface area (Å²) in [6.07, 6.45) is -4.84. The van der Waals surface area contributed by atoms with Crippen LogP contribution in [0.4, 0.5) is 49.9 Å². The van der Waals surface area contributed by atoms with Gasteiger partial charge in [-0.1, -0.05) is 24.3 Å². The summed E-state index contributed by atoms with van der Waals surface area (Å²) in [6.45, 7) is 11.5. The van der Waals surface area contributed by atoms with E-state index in [1.807, 2.05) is 23.6 Å². The Balaban J connectivity index is 0.000000188. The Morgan fingerprint density at radius 2 is 1.25 bits per heavy atom. The minimum atomic E-state index is -4.56. The molecule has 9 rings (SSSR count). The van der Waals surface area contributed by atoms with Crippen molar-refractivity contribution in [3.05, 3.63) is 89.5 Å². The average Bonchev–Trinajstić information content (AvgIpc) is 3.32. The second-order valence-corrected chi connectivity index (χ2v) is 15.9. The third kappa shape index (κ3) is 11.8. The van der Waals surface area contributed by atoms with Crippen LogP contribution < -0.4 is 25.2 Å². The maximum atomic E-state index is 13.5. The highest BCUT2D eigenvalue weighted by molar-refractivity contribution is 5.88. The zero-order valence-electron chi connectivity index (χ0n) is 36.7. The Morgan fingerprint density at radius 3 is 1.96 bits per heavy atom. The Bertz CT molecular complexity index is 2610. The first-order valence-electron chi connectivity index (χ1n) is 21.7. The van der Waals surface area contributed by atoms with E-state index in [1.165, 1.54) is 36.7 Å². The number of anilines is 4. The summed E-state index contributed by atoms with van der Waals surface area (Å²) >= 11 is 0. The summed E-state index contributed by atoms with van der Waals surface area (Å²) in [5, 5.41) is 6.64. The van der Waals surface area contributed by atoms with E-state index in [0.29, 0.717) is 111 Å². The minimum Gasteiger partial charge on any atom is -0.476 e. The fourth-order valence-electron chi connectivity index (χ4n) is 7.73. The number of fused-ring (bicyclic) bond motifs is 2. The number of alkyl halides is 6. The molecule has 0 aliphatic carbocycles. The van der Waals surface area contributed by atoms with E-state index in [1.54, 1.807) is 18.2 Å². The lowest BCUT2D eigenvalue weighted by Gasteiger charge is -2.33. The third-order valence-corrected chi connectivity index (χ3v) is 11.2. The van der Waals surface area contributed by atoms with Gasteiger partial charge in [0.15, 0.2) is 22.6 Å². The molecule has 3 fully saturated rings. The van der Waals surface area contributed by atoms with Gasteiger partial charge in [-0.15, -0.1) is 0 Å². The first-order valence-corrected chi connectivity index (χ1v) is 21.7. The van der Waals surface area contributed by atoms with Crippen molar-refractivity contribution in [2.45, 2.75) is 51.4 Å². The van der Waals surface area contributed by atoms with Crippen LogP contribution in [-0.2, 0) is 39.7 Å². The monoisotopic (exact) mass is 937 g/mol. The summed E-state index contributed by atoms with van der Waals surface area (Å²) < 4.78 is 103. The van der Waals surface area contributed by atoms with Crippen LogP contribution in [0.15, 0.2) is 67.1 Å². The third-order valence-electron chi connectivity index (χ3n) is 11.2. The molecular weight excluding hydrogens is 889 g/mol. The van der Waals surface area contributed by atoms with Crippen LogP contribution in [0.1, 0.15) is 36.2 Å². The van der Waals surface area contributed by atoms with Crippen molar-refractivity contribution >= 4 is 45.7 Å². The van der Waals surface area contributed by atoms with Crippen molar-refractivity contribution in [1.82, 2.24) is 44.8 Å². The summed E-state index contributed by atoms with van der Waals surface area (Å²) in [4.78, 5) is 41.3. The Labute approximate surface area is 381 Å². The lowest BCUT2D eigenvalue weighted by molar-refractivity contribution is -0.142. The number of pyridine rings is 2. The molecule has 3 aliphatic rings. The highest BCUT2D eigenvalue weighted by Crippen LogP contribution is 2.34. The molecule has 2 unspecified atom stereocenters. The molecule has 23 heteroatoms. The van der Waals surface area contributed by atoms with E-state index in [2.05, 4.69) is 55.4 Å². The maximum Gasteiger partial charge on any atom is 0.433 e. The van der Waals surface area contributed by atoms with Crippen LogP contribution in [0, 0.1) is 0 Å². The summed E-state index contributed by atoms with van der Waals surface area (Å²) in [6, 6.07) is 11.9. The van der Waals surface area contributed by atoms with Crippen molar-refractivity contribution in [3.8, 4) is 5.88 Å². The number of hydrogen-bond acceptors (Lipinski definition) is 17. The smallest absolute Gasteiger partial charge is 0.433 e. The predicted molar refractivity (Wildman–Crippen MR) is 236 cm³/mol. The number of benzene rings is 1. The molecule has 3 aliphatic heterocycles. The fourth-order valence-corrected chi connectivity index (χ4v) is 7.73. The molecule has 356 valence electrons. The van der Waals surface area contributed by atoms with Crippen LogP contribution >= 0.6 is 0 Å². The number of morpholine rings is 3. The lowest BCUT2D eigenvalue weighted by atomic mass is 10.1. The van der Waals surface area contributed by atoms with Gasteiger partial charge >= 0.3 is 12.4 Å². The summed E-state index contributed by atoms with van der Waals surface area (Å²) in [5.41, 5.74) is -0.297. The summed E-state index contributed by atoms with van der Waals surface area (Å²) in [5.74, 6) is 2.02. The van der Waals surface area contributed by atoms with Gasteiger partial charge in [-0.3, -0.25) is 9.88 Å². The second-order valence-electron chi connectivity index (χ2n) is 15.9. The van der Waals surface area contributed by atoms with E-state index in [4.69, 9.17) is 18.9 Å². The van der Waals surface area contributed by atoms with Crippen LogP contribution in [0.25, 0.3) is 22.2 Å². The average molecular weight is 938 g/mol. The van der Waals surface area contributed by atoms with Crippen LogP contribution in [0.3, 0.4) is 0 Å². The van der Waals surface area contributed by atoms with Crippen LogP contribution in [0.5, 0.6) is 5.88 Å². The predicted octanol–water partition coefficient (Wildman–Crippen LogP) is 6.26. The molecule has 0 radical (unpaired) electrons. The molecule has 2 atom stereocenters. The fraction of sp³-hybridized carbons (Fsp3) is 0.455. The molecule has 0 saturated carbocycles. The summed E-state index contributed by atoms with van der Waals surface area (Å²) in [7, 11) is 0. The molecule has 0 amide bonds. The highest BCUT2D eigenvalue weighted by Gasteiger charge is 2.35. The highest BCUT2D eigenvalue weighted by atomic mass is 19.4. The number of aromatic nitrogens is 8. The van der Waals surface area contributed by atoms with Gasteiger partial charge in [-0.25, -0.2) is 9.97 Å². The second kappa shape index (κ2) is 21.1. The van der Waals surface area contributed by atoms with Gasteiger partial charge in [0, 0.05) is 76.0 Å². The molecule has 17 nitrogen and oxygen atoms in total. The molecule has 0 bridgehead atoms. The first-order chi connectivity index (χ1) is 32.3. The number of rotatable bonds is 12. The van der Waals surface area contributed by atoms with Gasteiger partial charge in [0.05, 0.1) is 62.7 Å². The molecule has 1 aromatic carbocycles. The van der Waals surface area contributed by atoms with Gasteiger partial charge in [0.2, 0.25) is 17.8 Å². The van der Waals surface area contributed by atoms with Gasteiger partial charge in [0.25, 0.3) is 0 Å². The SMILES string of the molecule is CC1COCCN1c1nc(NCc2ccccc2C(F)(F)F)c2nccnc2n1.CC1COCCN1c1nc(NCc2cccnc2C(F)(F)F)c2ccc(OCCN3CCOCC3)nc2n1. The number of nitrogens with one attached hydrogen (secondary N) is 2. The van der Waals surface area contributed by atoms with Crippen molar-refractivity contribution in [1.29, 1.82) is 0 Å².